The first-order chi connectivity index (χ1) is 15.0. The Balaban J connectivity index is 1.62. The highest BCUT2D eigenvalue weighted by molar-refractivity contribution is 6.31. The highest BCUT2D eigenvalue weighted by Gasteiger charge is 2.34. The Kier molecular flexibility index (Phi) is 7.29. The third kappa shape index (κ3) is 5.69. The monoisotopic (exact) mass is 469 g/mol. The quantitative estimate of drug-likeness (QED) is 0.686. The number of benzene rings is 1. The fourth-order valence-corrected chi connectivity index (χ4v) is 3.79. The van der Waals surface area contributed by atoms with Gasteiger partial charge >= 0.3 is 6.18 Å². The summed E-state index contributed by atoms with van der Waals surface area (Å²) in [5.41, 5.74) is 0.00379. The van der Waals surface area contributed by atoms with Crippen LogP contribution in [-0.2, 0) is 11.0 Å². The first kappa shape index (κ1) is 24.3. The van der Waals surface area contributed by atoms with E-state index in [2.05, 4.69) is 34.0 Å². The number of piperazine rings is 1. The molecule has 0 spiro atoms. The Morgan fingerprint density at radius 1 is 1.09 bits per heavy atom. The lowest BCUT2D eigenvalue weighted by atomic mass is 10.1. The molecule has 0 radical (unpaired) electrons. The molecule has 1 fully saturated rings. The predicted molar refractivity (Wildman–Crippen MR) is 119 cm³/mol. The van der Waals surface area contributed by atoms with Gasteiger partial charge in [-0.05, 0) is 32.0 Å². The van der Waals surface area contributed by atoms with Crippen LogP contribution in [-0.4, -0.2) is 53.0 Å². The van der Waals surface area contributed by atoms with E-state index in [0.29, 0.717) is 26.2 Å². The van der Waals surface area contributed by atoms with Crippen molar-refractivity contribution in [1.82, 2.24) is 14.9 Å². The number of hydrogen-bond acceptors (Lipinski definition) is 5. The fraction of sp³-hybridized carbons (Fsp3) is 0.500. The first-order valence-electron chi connectivity index (χ1n) is 10.5. The molecule has 1 unspecified atom stereocenters. The average molecular weight is 470 g/mol. The predicted octanol–water partition coefficient (Wildman–Crippen LogP) is 4.73. The molecule has 1 amide bonds. The molecule has 10 heteroatoms. The van der Waals surface area contributed by atoms with Crippen molar-refractivity contribution in [3.63, 3.8) is 0 Å². The summed E-state index contributed by atoms with van der Waals surface area (Å²) in [4.78, 5) is 26.0. The molecule has 3 rings (SSSR count). The van der Waals surface area contributed by atoms with E-state index in [1.807, 2.05) is 17.9 Å². The smallest absolute Gasteiger partial charge is 0.354 e. The fourth-order valence-electron chi connectivity index (χ4n) is 3.57. The number of hydrogen-bond donors (Lipinski definition) is 1. The van der Waals surface area contributed by atoms with Gasteiger partial charge < -0.3 is 10.2 Å². The second-order valence-corrected chi connectivity index (χ2v) is 8.67. The summed E-state index contributed by atoms with van der Waals surface area (Å²) in [7, 11) is 0. The number of alkyl halides is 3. The molecular formula is C22H27ClF3N5O. The van der Waals surface area contributed by atoms with Gasteiger partial charge in [0.15, 0.2) is 0 Å². The Morgan fingerprint density at radius 2 is 1.75 bits per heavy atom. The molecule has 0 saturated carbocycles. The van der Waals surface area contributed by atoms with Crippen LogP contribution in [0.4, 0.5) is 24.7 Å². The van der Waals surface area contributed by atoms with Gasteiger partial charge in [0.2, 0.25) is 5.91 Å². The van der Waals surface area contributed by atoms with Gasteiger partial charge in [0.1, 0.15) is 11.6 Å². The van der Waals surface area contributed by atoms with Gasteiger partial charge in [-0.3, -0.25) is 9.69 Å². The Labute approximate surface area is 190 Å². The molecule has 0 bridgehead atoms. The number of amides is 1. The van der Waals surface area contributed by atoms with E-state index in [1.165, 1.54) is 6.07 Å². The minimum Gasteiger partial charge on any atom is -0.354 e. The third-order valence-corrected chi connectivity index (χ3v) is 5.81. The third-order valence-electron chi connectivity index (χ3n) is 5.48. The van der Waals surface area contributed by atoms with Crippen LogP contribution in [0.5, 0.6) is 0 Å². The number of nitrogens with zero attached hydrogens (tertiary/aromatic N) is 4. The molecule has 2 aromatic rings. The number of carbonyl (C=O) groups is 1. The highest BCUT2D eigenvalue weighted by Crippen LogP contribution is 2.36. The maximum absolute atomic E-state index is 13.1. The van der Waals surface area contributed by atoms with E-state index in [1.54, 1.807) is 6.92 Å². The molecule has 1 N–H and O–H groups in total. The highest BCUT2D eigenvalue weighted by atomic mass is 35.5. The van der Waals surface area contributed by atoms with E-state index >= 15 is 0 Å². The van der Waals surface area contributed by atoms with Gasteiger partial charge in [-0.2, -0.15) is 13.2 Å². The summed E-state index contributed by atoms with van der Waals surface area (Å²) in [5.74, 6) is 1.54. The van der Waals surface area contributed by atoms with Crippen LogP contribution in [0, 0.1) is 6.92 Å². The molecule has 1 saturated heterocycles. The molecule has 174 valence electrons. The summed E-state index contributed by atoms with van der Waals surface area (Å²) in [6.07, 6.45) is -4.59. The van der Waals surface area contributed by atoms with Crippen molar-refractivity contribution >= 4 is 29.0 Å². The number of rotatable bonds is 5. The minimum atomic E-state index is -4.59. The van der Waals surface area contributed by atoms with Gasteiger partial charge in [-0.15, -0.1) is 0 Å². The summed E-state index contributed by atoms with van der Waals surface area (Å²) in [5, 5.41) is 2.17. The van der Waals surface area contributed by atoms with Crippen molar-refractivity contribution in [2.75, 3.05) is 36.4 Å². The zero-order chi connectivity index (χ0) is 23.6. The second kappa shape index (κ2) is 9.62. The molecule has 1 aliphatic heterocycles. The maximum Gasteiger partial charge on any atom is 0.417 e. The summed E-state index contributed by atoms with van der Waals surface area (Å²) >= 11 is 5.65. The van der Waals surface area contributed by atoms with E-state index < -0.39 is 22.8 Å². The van der Waals surface area contributed by atoms with Crippen molar-refractivity contribution in [2.24, 2.45) is 0 Å². The summed E-state index contributed by atoms with van der Waals surface area (Å²) in [6.45, 7) is 10.4. The number of halogens is 4. The first-order valence-corrected chi connectivity index (χ1v) is 10.9. The van der Waals surface area contributed by atoms with Crippen molar-refractivity contribution in [1.29, 1.82) is 0 Å². The van der Waals surface area contributed by atoms with Crippen molar-refractivity contribution in [3.05, 3.63) is 46.4 Å². The van der Waals surface area contributed by atoms with Crippen molar-refractivity contribution in [3.8, 4) is 0 Å². The molecule has 6 nitrogen and oxygen atoms in total. The zero-order valence-corrected chi connectivity index (χ0v) is 19.3. The number of anilines is 2. The Bertz CT molecular complexity index is 975. The molecule has 2 heterocycles. The Morgan fingerprint density at radius 3 is 2.34 bits per heavy atom. The lowest BCUT2D eigenvalue weighted by molar-refractivity contribution is -0.137. The standard InChI is InChI=1S/C22H27ClF3N5O/c1-13(2)20-27-14(3)11-19(29-20)31-9-7-30(8-10-31)15(4)21(32)28-16-5-6-18(23)17(12-16)22(24,25)26/h5-6,11-13,15H,7-10H2,1-4H3,(H,28,32). The van der Waals surface area contributed by atoms with Crippen molar-refractivity contribution < 1.29 is 18.0 Å². The number of aromatic nitrogens is 2. The van der Waals surface area contributed by atoms with E-state index in [4.69, 9.17) is 11.6 Å². The van der Waals surface area contributed by atoms with Gasteiger partial charge in [0, 0.05) is 49.5 Å². The van der Waals surface area contributed by atoms with Crippen LogP contribution >= 0.6 is 11.6 Å². The largest absolute Gasteiger partial charge is 0.417 e. The number of aryl methyl sites for hydroxylation is 1. The molecule has 32 heavy (non-hydrogen) atoms. The van der Waals surface area contributed by atoms with Crippen LogP contribution in [0.15, 0.2) is 24.3 Å². The maximum atomic E-state index is 13.1. The lowest BCUT2D eigenvalue weighted by Gasteiger charge is -2.38. The minimum absolute atomic E-state index is 0.0647. The molecular weight excluding hydrogens is 443 g/mol. The number of carbonyl (C=O) groups excluding carboxylic acids is 1. The molecule has 1 aliphatic rings. The van der Waals surface area contributed by atoms with Crippen LogP contribution in [0.3, 0.4) is 0 Å². The topological polar surface area (TPSA) is 61.4 Å². The van der Waals surface area contributed by atoms with Crippen LogP contribution < -0.4 is 10.2 Å². The molecule has 1 atom stereocenters. The SMILES string of the molecule is Cc1cc(N2CCN(C(C)C(=O)Nc3ccc(Cl)c(C(F)(F)F)c3)CC2)nc(C(C)C)n1. The van der Waals surface area contributed by atoms with Crippen molar-refractivity contribution in [2.45, 2.75) is 45.8 Å². The number of nitrogens with one attached hydrogen (secondary N) is 1. The van der Waals surface area contributed by atoms with Gasteiger partial charge in [-0.1, -0.05) is 25.4 Å². The second-order valence-electron chi connectivity index (χ2n) is 8.26. The Hall–Kier alpha value is -2.39. The van der Waals surface area contributed by atoms with Crippen LogP contribution in [0.25, 0.3) is 0 Å². The molecule has 0 aliphatic carbocycles. The van der Waals surface area contributed by atoms with E-state index in [-0.39, 0.29) is 17.5 Å². The van der Waals surface area contributed by atoms with Crippen LogP contribution in [0.1, 0.15) is 43.8 Å². The summed E-state index contributed by atoms with van der Waals surface area (Å²) < 4.78 is 39.2. The average Bonchev–Trinajstić information content (AvgIpc) is 2.73. The normalized spacial score (nSPS) is 16.3. The van der Waals surface area contributed by atoms with Gasteiger partial charge in [0.25, 0.3) is 0 Å². The molecule has 1 aromatic carbocycles. The summed E-state index contributed by atoms with van der Waals surface area (Å²) in [6, 6.07) is 4.81. The van der Waals surface area contributed by atoms with Gasteiger partial charge in [-0.25, -0.2) is 9.97 Å². The van der Waals surface area contributed by atoms with E-state index in [9.17, 15) is 18.0 Å². The zero-order valence-electron chi connectivity index (χ0n) is 18.5. The van der Waals surface area contributed by atoms with E-state index in [0.717, 1.165) is 29.5 Å². The molecule has 1 aromatic heterocycles. The van der Waals surface area contributed by atoms with Crippen LogP contribution in [0.2, 0.25) is 5.02 Å². The van der Waals surface area contributed by atoms with Gasteiger partial charge in [0.05, 0.1) is 16.6 Å². The lowest BCUT2D eigenvalue weighted by Crippen LogP contribution is -2.53.